The molecule has 1 aromatic carbocycles. The van der Waals surface area contributed by atoms with Crippen LogP contribution in [0.1, 0.15) is 90.4 Å². The van der Waals surface area contributed by atoms with Gasteiger partial charge in [0.25, 0.3) is 5.91 Å². The Balaban J connectivity index is 0.000000320. The van der Waals surface area contributed by atoms with Gasteiger partial charge in [0.05, 0.1) is 37.8 Å². The minimum absolute atomic E-state index is 0.241. The minimum atomic E-state index is -0.241. The molecule has 0 aromatic heterocycles. The summed E-state index contributed by atoms with van der Waals surface area (Å²) in [6.07, 6.45) is 8.48. The van der Waals surface area contributed by atoms with E-state index < -0.39 is 0 Å². The highest BCUT2D eigenvalue weighted by molar-refractivity contribution is 5.99. The molecule has 0 atom stereocenters. The van der Waals surface area contributed by atoms with E-state index in [0.717, 1.165) is 50.2 Å². The van der Waals surface area contributed by atoms with E-state index in [2.05, 4.69) is 47.5 Å². The number of carbonyl (C=O) groups excluding carboxylic acids is 1. The summed E-state index contributed by atoms with van der Waals surface area (Å²) in [6.45, 7) is 16.2. The highest BCUT2D eigenvalue weighted by Gasteiger charge is 2.30. The highest BCUT2D eigenvalue weighted by Crippen LogP contribution is 2.26. The van der Waals surface area contributed by atoms with Crippen LogP contribution in [-0.2, 0) is 18.9 Å². The number of ether oxygens (including phenoxy) is 4. The smallest absolute Gasteiger partial charge is 0.341 e. The molecule has 0 fully saturated rings. The maximum atomic E-state index is 12.3. The third kappa shape index (κ3) is 11.4. The first-order chi connectivity index (χ1) is 22.4. The molecule has 46 heavy (non-hydrogen) atoms. The van der Waals surface area contributed by atoms with Crippen molar-refractivity contribution in [1.82, 2.24) is 10.2 Å². The van der Waals surface area contributed by atoms with Crippen LogP contribution in [0.5, 0.6) is 0 Å². The van der Waals surface area contributed by atoms with Gasteiger partial charge in [-0.25, -0.2) is 0 Å². The summed E-state index contributed by atoms with van der Waals surface area (Å²) in [6, 6.07) is 8.90. The quantitative estimate of drug-likeness (QED) is 0.114. The van der Waals surface area contributed by atoms with Crippen molar-refractivity contribution in [3.05, 3.63) is 93.5 Å². The topological polar surface area (TPSA) is 142 Å². The summed E-state index contributed by atoms with van der Waals surface area (Å²) < 4.78 is 22.8. The van der Waals surface area contributed by atoms with E-state index in [9.17, 15) is 10.3 Å². The van der Waals surface area contributed by atoms with Gasteiger partial charge in [0.15, 0.2) is 0 Å². The molecule has 0 aliphatic heterocycles. The molecule has 0 heterocycles. The van der Waals surface area contributed by atoms with E-state index in [1.807, 2.05) is 26.0 Å². The SMILES string of the molecule is CCCCOC1=CC(N(CC)CC)=C(OCCCC)CC1=[N+]=[N-].CCOC1=CC(NC(=O)c2ccccc2)=C(OCC)CC1=[N+]=[N-]. The van der Waals surface area contributed by atoms with Gasteiger partial charge in [-0.1, -0.05) is 44.9 Å². The van der Waals surface area contributed by atoms with Crippen molar-refractivity contribution in [2.24, 2.45) is 0 Å². The zero-order valence-electron chi connectivity index (χ0n) is 28.3. The Kier molecular flexibility index (Phi) is 17.3. The lowest BCUT2D eigenvalue weighted by Gasteiger charge is -2.27. The molecular weight excluding hydrogens is 584 g/mol. The van der Waals surface area contributed by atoms with Gasteiger partial charge in [0.2, 0.25) is 11.5 Å². The van der Waals surface area contributed by atoms with Crippen molar-refractivity contribution in [2.75, 3.05) is 39.5 Å². The number of benzene rings is 1. The molecule has 11 nitrogen and oxygen atoms in total. The Morgan fingerprint density at radius 2 is 1.33 bits per heavy atom. The van der Waals surface area contributed by atoms with Gasteiger partial charge in [-0.2, -0.15) is 9.58 Å². The molecule has 0 unspecified atom stereocenters. The lowest BCUT2D eigenvalue weighted by Crippen LogP contribution is -2.28. The molecule has 0 saturated heterocycles. The van der Waals surface area contributed by atoms with Crippen molar-refractivity contribution in [3.8, 4) is 0 Å². The molecule has 0 saturated carbocycles. The van der Waals surface area contributed by atoms with Crippen LogP contribution < -0.4 is 5.32 Å². The summed E-state index contributed by atoms with van der Waals surface area (Å²) in [7, 11) is 0. The first-order valence-corrected chi connectivity index (χ1v) is 16.4. The van der Waals surface area contributed by atoms with E-state index in [1.165, 1.54) is 0 Å². The predicted molar refractivity (Wildman–Crippen MR) is 179 cm³/mol. The third-order valence-corrected chi connectivity index (χ3v) is 7.13. The van der Waals surface area contributed by atoms with Crippen LogP contribution in [0.4, 0.5) is 0 Å². The standard InChI is InChI=1S/C18H31N3O2.C17H19N3O3/c1-5-9-11-22-17-14-16(21(7-3)8-4)18(13-15(17)20-19)23-12-10-6-2;1-3-22-15-11-14(20-18)16(23-4-2)10-13(15)19-17(21)12-8-6-5-7-9-12/h14H,5-13H2,1-4H3;5-10H,3-4,11H2,1-2H3,(H,19,21). The van der Waals surface area contributed by atoms with Crippen LogP contribution in [0.3, 0.4) is 0 Å². The second kappa shape index (κ2) is 21.2. The van der Waals surface area contributed by atoms with E-state index in [4.69, 9.17) is 24.5 Å². The predicted octanol–water partition coefficient (Wildman–Crippen LogP) is 6.79. The van der Waals surface area contributed by atoms with Gasteiger partial charge in [0, 0.05) is 30.8 Å². The first kappa shape index (κ1) is 37.6. The number of likely N-dealkylation sites (N-methyl/N-ethyl adjacent to an activating group) is 1. The molecule has 3 rings (SSSR count). The molecule has 2 aliphatic carbocycles. The third-order valence-electron chi connectivity index (χ3n) is 7.13. The molecular formula is C35H50N6O5. The number of unbranched alkanes of at least 4 members (excludes halogenated alkanes) is 2. The fraction of sp³-hybridized carbons (Fsp3) is 0.514. The van der Waals surface area contributed by atoms with Crippen molar-refractivity contribution in [3.63, 3.8) is 0 Å². The number of hydrogen-bond donors (Lipinski definition) is 1. The summed E-state index contributed by atoms with van der Waals surface area (Å²) in [5.41, 5.74) is 21.5. The van der Waals surface area contributed by atoms with Crippen molar-refractivity contribution in [1.29, 1.82) is 0 Å². The Bertz CT molecular complexity index is 1360. The zero-order valence-corrected chi connectivity index (χ0v) is 28.3. The average Bonchev–Trinajstić information content (AvgIpc) is 3.08. The Morgan fingerprint density at radius 1 is 0.761 bits per heavy atom. The molecule has 1 amide bonds. The number of carbonyl (C=O) groups is 1. The monoisotopic (exact) mass is 634 g/mol. The molecule has 11 heteroatoms. The van der Waals surface area contributed by atoms with Crippen molar-refractivity contribution in [2.45, 2.75) is 80.1 Å². The fourth-order valence-electron chi connectivity index (χ4n) is 4.64. The van der Waals surface area contributed by atoms with Gasteiger partial charge < -0.3 is 40.2 Å². The van der Waals surface area contributed by atoms with Gasteiger partial charge >= 0.3 is 11.4 Å². The normalized spacial score (nSPS) is 14.2. The van der Waals surface area contributed by atoms with E-state index in [0.29, 0.717) is 72.8 Å². The van der Waals surface area contributed by atoms with Crippen LogP contribution in [0.15, 0.2) is 76.9 Å². The van der Waals surface area contributed by atoms with Crippen LogP contribution in [0, 0.1) is 0 Å². The van der Waals surface area contributed by atoms with Crippen LogP contribution in [0.25, 0.3) is 11.1 Å². The fourth-order valence-corrected chi connectivity index (χ4v) is 4.64. The Labute approximate surface area is 273 Å². The molecule has 1 N–H and O–H groups in total. The number of hydrogen-bond acceptors (Lipinski definition) is 6. The zero-order chi connectivity index (χ0) is 33.7. The lowest BCUT2D eigenvalue weighted by molar-refractivity contribution is -0.0143. The Hall–Kier alpha value is -4.59. The summed E-state index contributed by atoms with van der Waals surface area (Å²) in [5.74, 6) is 2.24. The summed E-state index contributed by atoms with van der Waals surface area (Å²) in [4.78, 5) is 21.2. The van der Waals surface area contributed by atoms with Crippen LogP contribution in [-0.4, -0.2) is 71.3 Å². The van der Waals surface area contributed by atoms with Crippen molar-refractivity contribution < 1.29 is 33.3 Å². The minimum Gasteiger partial charge on any atom is -0.495 e. The van der Waals surface area contributed by atoms with Gasteiger partial charge in [-0.15, -0.1) is 0 Å². The molecule has 0 bridgehead atoms. The van der Waals surface area contributed by atoms with Gasteiger partial charge in [-0.05, 0) is 52.7 Å². The van der Waals surface area contributed by atoms with E-state index in [1.54, 1.807) is 30.3 Å². The van der Waals surface area contributed by atoms with Gasteiger partial charge in [-0.3, -0.25) is 4.79 Å². The molecule has 0 radical (unpaired) electrons. The molecule has 250 valence electrons. The number of rotatable bonds is 17. The molecule has 1 aromatic rings. The van der Waals surface area contributed by atoms with Crippen LogP contribution in [0.2, 0.25) is 0 Å². The second-order valence-corrected chi connectivity index (χ2v) is 10.4. The first-order valence-electron chi connectivity index (χ1n) is 16.4. The number of nitrogens with one attached hydrogen (secondary N) is 1. The Morgan fingerprint density at radius 3 is 1.87 bits per heavy atom. The second-order valence-electron chi connectivity index (χ2n) is 10.4. The molecule has 2 aliphatic rings. The average molecular weight is 635 g/mol. The summed E-state index contributed by atoms with van der Waals surface area (Å²) >= 11 is 0. The highest BCUT2D eigenvalue weighted by atomic mass is 16.5. The largest absolute Gasteiger partial charge is 0.495 e. The number of allylic oxidation sites excluding steroid dienone is 6. The van der Waals surface area contributed by atoms with E-state index in [-0.39, 0.29) is 12.3 Å². The van der Waals surface area contributed by atoms with Crippen molar-refractivity contribution >= 4 is 17.3 Å². The maximum Gasteiger partial charge on any atom is 0.341 e. The molecule has 0 spiro atoms. The summed E-state index contributed by atoms with van der Waals surface area (Å²) in [5, 5.41) is 2.83. The number of amides is 1. The van der Waals surface area contributed by atoms with E-state index >= 15 is 0 Å². The lowest BCUT2D eigenvalue weighted by atomic mass is 10.0. The van der Waals surface area contributed by atoms with Crippen LogP contribution >= 0.6 is 0 Å². The maximum absolute atomic E-state index is 12.3. The van der Waals surface area contributed by atoms with Gasteiger partial charge in [0.1, 0.15) is 24.4 Å². The number of nitrogens with zero attached hydrogens (tertiary/aromatic N) is 5.